The van der Waals surface area contributed by atoms with Crippen LogP contribution < -0.4 is 5.32 Å². The molecule has 0 spiro atoms. The number of aliphatic hydroxyl groups is 1. The molecule has 1 aliphatic carbocycles. The van der Waals surface area contributed by atoms with Crippen LogP contribution in [0, 0.1) is 5.41 Å². The molecule has 180 valence electrons. The third-order valence-electron chi connectivity index (χ3n) is 6.09. The summed E-state index contributed by atoms with van der Waals surface area (Å²) >= 11 is 0. The molecule has 4 rings (SSSR count). The van der Waals surface area contributed by atoms with Gasteiger partial charge in [0.05, 0.1) is 18.3 Å². The number of amides is 2. The number of imidazole rings is 1. The molecule has 2 unspecified atom stereocenters. The summed E-state index contributed by atoms with van der Waals surface area (Å²) in [6.45, 7) is 2.71. The standard InChI is InChI=1S/C21H29F2N7O3/c1-21(2,3)17(30-11-14(26-27-30)12-4-5-12)19(33)29-10-13(31)8-15(29)18(32)25-9-16-24-6-7-28(16)20(22)23/h6-7,11-13,15,17,20,31H,4-5,8-10H2,1-3H3,(H,25,32)/t13?,15?,17-/m1/s1. The molecule has 1 saturated heterocycles. The van der Waals surface area contributed by atoms with E-state index in [1.807, 2.05) is 20.8 Å². The fraction of sp³-hybridized carbons (Fsp3) is 0.667. The van der Waals surface area contributed by atoms with E-state index in [-0.39, 0.29) is 31.2 Å². The molecule has 0 radical (unpaired) electrons. The van der Waals surface area contributed by atoms with E-state index in [1.54, 1.807) is 10.9 Å². The minimum Gasteiger partial charge on any atom is -0.391 e. The number of carbonyl (C=O) groups is 2. The van der Waals surface area contributed by atoms with Gasteiger partial charge in [-0.1, -0.05) is 26.0 Å². The van der Waals surface area contributed by atoms with Gasteiger partial charge >= 0.3 is 6.55 Å². The number of halogens is 2. The van der Waals surface area contributed by atoms with Gasteiger partial charge in [-0.25, -0.2) is 9.67 Å². The maximum Gasteiger partial charge on any atom is 0.319 e. The van der Waals surface area contributed by atoms with Gasteiger partial charge in [0.15, 0.2) is 0 Å². The Labute approximate surface area is 190 Å². The highest BCUT2D eigenvalue weighted by molar-refractivity contribution is 5.90. The van der Waals surface area contributed by atoms with Gasteiger partial charge in [-0.3, -0.25) is 14.2 Å². The summed E-state index contributed by atoms with van der Waals surface area (Å²) in [7, 11) is 0. The fourth-order valence-corrected chi connectivity index (χ4v) is 4.27. The largest absolute Gasteiger partial charge is 0.391 e. The predicted molar refractivity (Wildman–Crippen MR) is 112 cm³/mol. The molecule has 2 N–H and O–H groups in total. The number of hydrogen-bond donors (Lipinski definition) is 2. The van der Waals surface area contributed by atoms with Crippen LogP contribution in [0.3, 0.4) is 0 Å². The maximum absolute atomic E-state index is 13.7. The number of rotatable bonds is 7. The predicted octanol–water partition coefficient (Wildman–Crippen LogP) is 1.61. The molecule has 2 fully saturated rings. The van der Waals surface area contributed by atoms with E-state index in [4.69, 9.17) is 0 Å². The van der Waals surface area contributed by atoms with Crippen LogP contribution in [0.15, 0.2) is 18.6 Å². The fourth-order valence-electron chi connectivity index (χ4n) is 4.27. The van der Waals surface area contributed by atoms with Crippen molar-refractivity contribution in [1.82, 2.24) is 34.8 Å². The molecule has 10 nitrogen and oxygen atoms in total. The first-order valence-corrected chi connectivity index (χ1v) is 11.0. The highest BCUT2D eigenvalue weighted by Crippen LogP contribution is 2.40. The van der Waals surface area contributed by atoms with Crippen molar-refractivity contribution in [3.05, 3.63) is 30.1 Å². The Balaban J connectivity index is 1.51. The van der Waals surface area contributed by atoms with Crippen molar-refractivity contribution in [1.29, 1.82) is 0 Å². The van der Waals surface area contributed by atoms with E-state index in [1.165, 1.54) is 11.1 Å². The molecule has 3 heterocycles. The molecule has 2 aromatic heterocycles. The Morgan fingerprint density at radius 2 is 2.03 bits per heavy atom. The van der Waals surface area contributed by atoms with Crippen molar-refractivity contribution in [2.24, 2.45) is 5.41 Å². The van der Waals surface area contributed by atoms with Crippen LogP contribution in [-0.4, -0.2) is 65.1 Å². The number of nitrogens with zero attached hydrogens (tertiary/aromatic N) is 6. The molecule has 33 heavy (non-hydrogen) atoms. The second-order valence-electron chi connectivity index (χ2n) is 9.81. The van der Waals surface area contributed by atoms with Crippen LogP contribution in [0.25, 0.3) is 0 Å². The summed E-state index contributed by atoms with van der Waals surface area (Å²) < 4.78 is 28.3. The lowest BCUT2D eigenvalue weighted by molar-refractivity contribution is -0.144. The zero-order chi connectivity index (χ0) is 23.9. The molecular formula is C21H29F2N7O3. The molecule has 0 aromatic carbocycles. The normalized spacial score (nSPS) is 22.1. The molecule has 12 heteroatoms. The van der Waals surface area contributed by atoms with Gasteiger partial charge in [-0.15, -0.1) is 5.10 Å². The van der Waals surface area contributed by atoms with E-state index in [0.717, 1.165) is 24.7 Å². The average molecular weight is 466 g/mol. The number of nitrogens with one attached hydrogen (secondary N) is 1. The van der Waals surface area contributed by atoms with Crippen molar-refractivity contribution in [3.8, 4) is 0 Å². The van der Waals surface area contributed by atoms with Crippen LogP contribution in [-0.2, 0) is 16.1 Å². The zero-order valence-corrected chi connectivity index (χ0v) is 18.9. The van der Waals surface area contributed by atoms with E-state index < -0.39 is 36.1 Å². The van der Waals surface area contributed by atoms with E-state index in [2.05, 4.69) is 20.6 Å². The second kappa shape index (κ2) is 8.81. The average Bonchev–Trinajstić information content (AvgIpc) is 3.13. The molecule has 2 amide bonds. The quantitative estimate of drug-likeness (QED) is 0.642. The Kier molecular flexibility index (Phi) is 6.21. The first-order chi connectivity index (χ1) is 15.6. The van der Waals surface area contributed by atoms with Crippen molar-refractivity contribution < 1.29 is 23.5 Å². The minimum absolute atomic E-state index is 0.000654. The molecule has 1 saturated carbocycles. The smallest absolute Gasteiger partial charge is 0.319 e. The summed E-state index contributed by atoms with van der Waals surface area (Å²) in [5.74, 6) is -0.505. The van der Waals surface area contributed by atoms with Crippen LogP contribution >= 0.6 is 0 Å². The molecule has 2 aliphatic rings. The molecule has 0 bridgehead atoms. The topological polar surface area (TPSA) is 118 Å². The Morgan fingerprint density at radius 3 is 2.67 bits per heavy atom. The second-order valence-corrected chi connectivity index (χ2v) is 9.81. The van der Waals surface area contributed by atoms with Crippen molar-refractivity contribution >= 4 is 11.8 Å². The third kappa shape index (κ3) is 4.90. The van der Waals surface area contributed by atoms with Gasteiger partial charge in [0.25, 0.3) is 0 Å². The zero-order valence-electron chi connectivity index (χ0n) is 18.9. The summed E-state index contributed by atoms with van der Waals surface area (Å²) in [5, 5.41) is 21.2. The SMILES string of the molecule is CC(C)(C)[C@@H](C(=O)N1CC(O)CC1C(=O)NCc1nccn1C(F)F)n1cc(C2CC2)nn1. The first kappa shape index (κ1) is 23.3. The highest BCUT2D eigenvalue weighted by atomic mass is 19.3. The number of hydrogen-bond acceptors (Lipinski definition) is 6. The van der Waals surface area contributed by atoms with E-state index >= 15 is 0 Å². The van der Waals surface area contributed by atoms with Crippen LogP contribution in [0.4, 0.5) is 8.78 Å². The molecular weight excluding hydrogens is 436 g/mol. The Morgan fingerprint density at radius 1 is 1.30 bits per heavy atom. The van der Waals surface area contributed by atoms with E-state index in [0.29, 0.717) is 10.5 Å². The van der Waals surface area contributed by atoms with Crippen molar-refractivity contribution in [2.75, 3.05) is 6.54 Å². The van der Waals surface area contributed by atoms with Crippen molar-refractivity contribution in [2.45, 2.75) is 77.2 Å². The minimum atomic E-state index is -2.78. The molecule has 1 aliphatic heterocycles. The molecule has 3 atom stereocenters. The lowest BCUT2D eigenvalue weighted by Crippen LogP contribution is -2.50. The summed E-state index contributed by atoms with van der Waals surface area (Å²) in [4.78, 5) is 31.8. The lowest BCUT2D eigenvalue weighted by atomic mass is 9.85. The van der Waals surface area contributed by atoms with Crippen LogP contribution in [0.1, 0.15) is 70.1 Å². The summed E-state index contributed by atoms with van der Waals surface area (Å²) in [5.41, 5.74) is 0.310. The Bertz CT molecular complexity index is 1010. The van der Waals surface area contributed by atoms with Gasteiger partial charge in [0.1, 0.15) is 17.9 Å². The van der Waals surface area contributed by atoms with Gasteiger partial charge in [0, 0.05) is 37.5 Å². The van der Waals surface area contributed by atoms with Gasteiger partial charge in [0.2, 0.25) is 11.8 Å². The van der Waals surface area contributed by atoms with Gasteiger partial charge in [-0.2, -0.15) is 8.78 Å². The third-order valence-corrected chi connectivity index (χ3v) is 6.09. The molecule has 2 aromatic rings. The van der Waals surface area contributed by atoms with Gasteiger partial charge in [-0.05, 0) is 18.3 Å². The van der Waals surface area contributed by atoms with Gasteiger partial charge < -0.3 is 15.3 Å². The number of alkyl halides is 2. The lowest BCUT2D eigenvalue weighted by Gasteiger charge is -2.34. The number of carbonyl (C=O) groups excluding carboxylic acids is 2. The van der Waals surface area contributed by atoms with Crippen LogP contribution in [0.5, 0.6) is 0 Å². The summed E-state index contributed by atoms with van der Waals surface area (Å²) in [6.07, 6.45) is 5.44. The number of likely N-dealkylation sites (tertiary alicyclic amines) is 1. The number of aliphatic hydroxyl groups excluding tert-OH is 1. The first-order valence-electron chi connectivity index (χ1n) is 11.0. The number of β-amino-alcohol motifs (C(OH)–C–C–N with tert-alkyl or cyclic N) is 1. The number of aromatic nitrogens is 5. The van der Waals surface area contributed by atoms with E-state index in [9.17, 15) is 23.5 Å². The highest BCUT2D eigenvalue weighted by Gasteiger charge is 2.45. The Hall–Kier alpha value is -2.89. The monoisotopic (exact) mass is 465 g/mol. The maximum atomic E-state index is 13.7. The van der Waals surface area contributed by atoms with Crippen LogP contribution in [0.2, 0.25) is 0 Å². The van der Waals surface area contributed by atoms with Crippen molar-refractivity contribution in [3.63, 3.8) is 0 Å². The summed E-state index contributed by atoms with van der Waals surface area (Å²) in [6, 6.07) is -1.66.